The first-order valence-corrected chi connectivity index (χ1v) is 6.52. The Morgan fingerprint density at radius 3 is 2.67 bits per heavy atom. The Balaban J connectivity index is 2.97. The Morgan fingerprint density at radius 2 is 2.11 bits per heavy atom. The quantitative estimate of drug-likeness (QED) is 0.633. The molecule has 5 heteroatoms. The van der Waals surface area contributed by atoms with Crippen LogP contribution in [0.15, 0.2) is 18.2 Å². The molecule has 0 aromatic heterocycles. The standard InChI is InChI=1S/C13H19ClN2O2/c1-4-7-15-10(3)9(2)12-6-5-11(14)8-13(12)16(17)18/h5-6,8-10,15H,4,7H2,1-3H3. The van der Waals surface area contributed by atoms with Crippen molar-refractivity contribution < 1.29 is 4.92 Å². The van der Waals surface area contributed by atoms with Crippen LogP contribution in [-0.4, -0.2) is 17.5 Å². The number of nitro groups is 1. The summed E-state index contributed by atoms with van der Waals surface area (Å²) < 4.78 is 0. The molecular formula is C13H19ClN2O2. The lowest BCUT2D eigenvalue weighted by Crippen LogP contribution is -2.31. The summed E-state index contributed by atoms with van der Waals surface area (Å²) in [5.74, 6) is 0.0641. The molecule has 0 bridgehead atoms. The third kappa shape index (κ3) is 3.68. The lowest BCUT2D eigenvalue weighted by atomic mass is 9.93. The fraction of sp³-hybridized carbons (Fsp3) is 0.538. The van der Waals surface area contributed by atoms with Gasteiger partial charge in [0.1, 0.15) is 0 Å². The molecule has 1 aromatic carbocycles. The Morgan fingerprint density at radius 1 is 1.44 bits per heavy atom. The van der Waals surface area contributed by atoms with Gasteiger partial charge in [0.05, 0.1) is 4.92 Å². The summed E-state index contributed by atoms with van der Waals surface area (Å²) >= 11 is 5.81. The number of nitro benzene ring substituents is 1. The van der Waals surface area contributed by atoms with Crippen LogP contribution in [0, 0.1) is 10.1 Å². The van der Waals surface area contributed by atoms with Gasteiger partial charge in [-0.05, 0) is 26.0 Å². The van der Waals surface area contributed by atoms with Gasteiger partial charge in [-0.15, -0.1) is 0 Å². The minimum Gasteiger partial charge on any atom is -0.314 e. The van der Waals surface area contributed by atoms with Gasteiger partial charge in [0, 0.05) is 28.6 Å². The highest BCUT2D eigenvalue weighted by Gasteiger charge is 2.23. The smallest absolute Gasteiger partial charge is 0.274 e. The minimum atomic E-state index is -0.371. The highest BCUT2D eigenvalue weighted by molar-refractivity contribution is 6.30. The maximum atomic E-state index is 11.0. The van der Waals surface area contributed by atoms with Crippen LogP contribution in [-0.2, 0) is 0 Å². The summed E-state index contributed by atoms with van der Waals surface area (Å²) in [4.78, 5) is 10.7. The fourth-order valence-electron chi connectivity index (χ4n) is 1.88. The largest absolute Gasteiger partial charge is 0.314 e. The Hall–Kier alpha value is -1.13. The van der Waals surface area contributed by atoms with E-state index in [1.54, 1.807) is 12.1 Å². The van der Waals surface area contributed by atoms with Crippen molar-refractivity contribution in [3.05, 3.63) is 38.9 Å². The summed E-state index contributed by atoms with van der Waals surface area (Å²) in [6.07, 6.45) is 1.04. The SMILES string of the molecule is CCCNC(C)C(C)c1ccc(Cl)cc1[N+](=O)[O-]. The first kappa shape index (κ1) is 14.9. The second-order valence-electron chi connectivity index (χ2n) is 4.49. The van der Waals surface area contributed by atoms with E-state index >= 15 is 0 Å². The molecule has 0 aliphatic rings. The average Bonchev–Trinajstić information content (AvgIpc) is 2.34. The molecule has 1 N–H and O–H groups in total. The van der Waals surface area contributed by atoms with Crippen LogP contribution < -0.4 is 5.32 Å². The molecule has 2 atom stereocenters. The molecule has 0 heterocycles. The number of halogens is 1. The van der Waals surface area contributed by atoms with Crippen molar-refractivity contribution in [3.63, 3.8) is 0 Å². The predicted molar refractivity (Wildman–Crippen MR) is 74.3 cm³/mol. The van der Waals surface area contributed by atoms with Gasteiger partial charge in [-0.2, -0.15) is 0 Å². The van der Waals surface area contributed by atoms with Crippen LogP contribution >= 0.6 is 11.6 Å². The molecular weight excluding hydrogens is 252 g/mol. The van der Waals surface area contributed by atoms with Crippen LogP contribution in [0.25, 0.3) is 0 Å². The minimum absolute atomic E-state index is 0.0641. The molecule has 0 fully saturated rings. The van der Waals surface area contributed by atoms with Crippen molar-refractivity contribution >= 4 is 17.3 Å². The summed E-state index contributed by atoms with van der Waals surface area (Å²) in [6, 6.07) is 5.05. The van der Waals surface area contributed by atoms with Gasteiger partial charge in [-0.3, -0.25) is 10.1 Å². The third-order valence-corrected chi connectivity index (χ3v) is 3.38. The zero-order valence-corrected chi connectivity index (χ0v) is 11.7. The zero-order valence-electron chi connectivity index (χ0n) is 10.9. The van der Waals surface area contributed by atoms with Crippen LogP contribution in [0.3, 0.4) is 0 Å². The molecule has 0 aliphatic heterocycles. The normalized spacial score (nSPS) is 14.2. The van der Waals surface area contributed by atoms with Crippen molar-refractivity contribution in [1.29, 1.82) is 0 Å². The van der Waals surface area contributed by atoms with Crippen LogP contribution in [0.4, 0.5) is 5.69 Å². The Labute approximate surface area is 112 Å². The third-order valence-electron chi connectivity index (χ3n) is 3.15. The van der Waals surface area contributed by atoms with Gasteiger partial charge in [0.15, 0.2) is 0 Å². The van der Waals surface area contributed by atoms with Gasteiger partial charge in [-0.25, -0.2) is 0 Å². The van der Waals surface area contributed by atoms with Crippen molar-refractivity contribution in [2.45, 2.75) is 39.2 Å². The maximum Gasteiger partial charge on any atom is 0.274 e. The number of hydrogen-bond donors (Lipinski definition) is 1. The van der Waals surface area contributed by atoms with Crippen LogP contribution in [0.5, 0.6) is 0 Å². The molecule has 1 rings (SSSR count). The molecule has 0 amide bonds. The summed E-state index contributed by atoms with van der Waals surface area (Å²) in [5, 5.41) is 14.8. The zero-order chi connectivity index (χ0) is 13.7. The number of nitrogens with zero attached hydrogens (tertiary/aromatic N) is 1. The Bertz CT molecular complexity index is 423. The molecule has 18 heavy (non-hydrogen) atoms. The van der Waals surface area contributed by atoms with E-state index in [0.717, 1.165) is 18.5 Å². The van der Waals surface area contributed by atoms with Gasteiger partial charge >= 0.3 is 0 Å². The topological polar surface area (TPSA) is 55.2 Å². The molecule has 0 saturated heterocycles. The number of rotatable bonds is 6. The van der Waals surface area contributed by atoms with Gasteiger partial charge < -0.3 is 5.32 Å². The highest BCUT2D eigenvalue weighted by atomic mass is 35.5. The predicted octanol–water partition coefficient (Wildman–Crippen LogP) is 3.74. The lowest BCUT2D eigenvalue weighted by molar-refractivity contribution is -0.385. The van der Waals surface area contributed by atoms with Crippen molar-refractivity contribution in [1.82, 2.24) is 5.32 Å². The van der Waals surface area contributed by atoms with E-state index in [4.69, 9.17) is 11.6 Å². The van der Waals surface area contributed by atoms with Crippen LogP contribution in [0.1, 0.15) is 38.7 Å². The first-order valence-electron chi connectivity index (χ1n) is 6.14. The molecule has 0 radical (unpaired) electrons. The van der Waals surface area contributed by atoms with E-state index in [1.807, 2.05) is 13.8 Å². The maximum absolute atomic E-state index is 11.0. The summed E-state index contributed by atoms with van der Waals surface area (Å²) in [6.45, 7) is 7.03. The van der Waals surface area contributed by atoms with Crippen molar-refractivity contribution in [2.24, 2.45) is 0 Å². The van der Waals surface area contributed by atoms with Crippen molar-refractivity contribution in [2.75, 3.05) is 6.54 Å². The number of hydrogen-bond acceptors (Lipinski definition) is 3. The van der Waals surface area contributed by atoms with E-state index in [-0.39, 0.29) is 22.6 Å². The molecule has 0 aliphatic carbocycles. The molecule has 2 unspecified atom stereocenters. The van der Waals surface area contributed by atoms with Crippen molar-refractivity contribution in [3.8, 4) is 0 Å². The first-order chi connectivity index (χ1) is 8.47. The Kier molecular flexibility index (Phi) is 5.56. The highest BCUT2D eigenvalue weighted by Crippen LogP contribution is 2.31. The second-order valence-corrected chi connectivity index (χ2v) is 4.93. The number of nitrogens with one attached hydrogen (secondary N) is 1. The van der Waals surface area contributed by atoms with Crippen LogP contribution in [0.2, 0.25) is 5.02 Å². The number of benzene rings is 1. The average molecular weight is 271 g/mol. The molecule has 1 aromatic rings. The fourth-order valence-corrected chi connectivity index (χ4v) is 2.04. The lowest BCUT2D eigenvalue weighted by Gasteiger charge is -2.21. The van der Waals surface area contributed by atoms with E-state index in [1.165, 1.54) is 6.07 Å². The molecule has 100 valence electrons. The molecule has 0 spiro atoms. The second kappa shape index (κ2) is 6.71. The molecule has 0 saturated carbocycles. The van der Waals surface area contributed by atoms with Gasteiger partial charge in [0.2, 0.25) is 0 Å². The summed E-state index contributed by atoms with van der Waals surface area (Å²) in [7, 11) is 0. The summed E-state index contributed by atoms with van der Waals surface area (Å²) in [5.41, 5.74) is 0.820. The van der Waals surface area contributed by atoms with E-state index in [2.05, 4.69) is 12.2 Å². The van der Waals surface area contributed by atoms with E-state index in [9.17, 15) is 10.1 Å². The van der Waals surface area contributed by atoms with E-state index < -0.39 is 0 Å². The monoisotopic (exact) mass is 270 g/mol. The molecule has 4 nitrogen and oxygen atoms in total. The van der Waals surface area contributed by atoms with E-state index in [0.29, 0.717) is 5.02 Å². The van der Waals surface area contributed by atoms with Gasteiger partial charge in [-0.1, -0.05) is 31.5 Å². The van der Waals surface area contributed by atoms with Gasteiger partial charge in [0.25, 0.3) is 5.69 Å².